The van der Waals surface area contributed by atoms with Crippen molar-refractivity contribution in [1.82, 2.24) is 18.8 Å². The first-order valence-corrected chi connectivity index (χ1v) is 19.0. The average Bonchev–Trinajstić information content (AvgIpc) is 3.43. The van der Waals surface area contributed by atoms with Crippen LogP contribution in [-0.4, -0.2) is 65.0 Å². The Labute approximate surface area is 295 Å². The van der Waals surface area contributed by atoms with Crippen molar-refractivity contribution >= 4 is 37.5 Å². The second kappa shape index (κ2) is 12.9. The minimum Gasteiger partial charge on any atom is -0.496 e. The van der Waals surface area contributed by atoms with E-state index in [4.69, 9.17) is 18.6 Å². The number of carbonyl (C=O) groups excluding carboxylic acids is 1. The first-order valence-electron chi connectivity index (χ1n) is 16.7. The molecule has 2 aliphatic heterocycles. The fourth-order valence-electron chi connectivity index (χ4n) is 7.18. The molecule has 1 aromatic carbocycles. The number of para-hydroxylation sites is 1. The molecule has 0 radical (unpaired) electrons. The Morgan fingerprint density at radius 3 is 2.47 bits per heavy atom. The molecular formula is C34H38F2N4O9S2. The van der Waals surface area contributed by atoms with Gasteiger partial charge in [-0.2, -0.15) is 0 Å². The molecule has 3 fully saturated rings. The van der Waals surface area contributed by atoms with E-state index in [1.807, 2.05) is 12.1 Å². The third kappa shape index (κ3) is 6.00. The SMILES string of the molecule is COc1ccccc1[C@H](Cn1c(=O)n(C(C)(C)C(=O)NS(=O)(=O)C2(C(F)F)CC2)c(=O)c2c(C)c(-c3ncco3)sc21)OC1C[C@H]2CC[C@H](C1)O2. The van der Waals surface area contributed by atoms with Gasteiger partial charge in [0, 0.05) is 5.56 Å². The molecule has 5 heterocycles. The van der Waals surface area contributed by atoms with Crippen LogP contribution in [0, 0.1) is 6.92 Å². The molecule has 3 aromatic heterocycles. The lowest BCUT2D eigenvalue weighted by Crippen LogP contribution is -2.58. The zero-order valence-electron chi connectivity index (χ0n) is 28.4. The predicted octanol–water partition coefficient (Wildman–Crippen LogP) is 4.64. The molecule has 2 saturated heterocycles. The molecule has 4 aromatic rings. The molecule has 51 heavy (non-hydrogen) atoms. The van der Waals surface area contributed by atoms with Gasteiger partial charge in [-0.05, 0) is 70.9 Å². The van der Waals surface area contributed by atoms with Gasteiger partial charge in [-0.1, -0.05) is 18.2 Å². The predicted molar refractivity (Wildman–Crippen MR) is 183 cm³/mol. The van der Waals surface area contributed by atoms with Crippen LogP contribution < -0.4 is 20.7 Å². The molecule has 2 bridgehead atoms. The number of sulfonamides is 1. The summed E-state index contributed by atoms with van der Waals surface area (Å²) in [4.78, 5) is 47.8. The second-order valence-corrected chi connectivity index (χ2v) is 16.9. The van der Waals surface area contributed by atoms with Gasteiger partial charge in [0.2, 0.25) is 15.9 Å². The summed E-state index contributed by atoms with van der Waals surface area (Å²) < 4.78 is 79.2. The first-order chi connectivity index (χ1) is 24.2. The molecule has 17 heteroatoms. The van der Waals surface area contributed by atoms with Crippen LogP contribution in [0.1, 0.15) is 69.6 Å². The highest BCUT2D eigenvalue weighted by Crippen LogP contribution is 2.48. The van der Waals surface area contributed by atoms with E-state index < -0.39 is 50.0 Å². The lowest BCUT2D eigenvalue weighted by atomic mass is 10.0. The summed E-state index contributed by atoms with van der Waals surface area (Å²) in [5.74, 6) is -0.592. The number of rotatable bonds is 12. The molecule has 1 aliphatic carbocycles. The van der Waals surface area contributed by atoms with E-state index in [-0.39, 0.29) is 53.8 Å². The van der Waals surface area contributed by atoms with Crippen LogP contribution in [-0.2, 0) is 36.4 Å². The van der Waals surface area contributed by atoms with Crippen molar-refractivity contribution in [3.05, 3.63) is 68.7 Å². The Kier molecular flexibility index (Phi) is 8.99. The maximum absolute atomic E-state index is 14.7. The number of benzene rings is 1. The minimum atomic E-state index is -4.87. The van der Waals surface area contributed by atoms with Crippen LogP contribution in [0.25, 0.3) is 21.0 Å². The summed E-state index contributed by atoms with van der Waals surface area (Å²) >= 11 is 1.10. The molecule has 1 amide bonds. The number of amides is 1. The van der Waals surface area contributed by atoms with Gasteiger partial charge in [0.15, 0.2) is 4.75 Å². The molecule has 1 saturated carbocycles. The van der Waals surface area contributed by atoms with Gasteiger partial charge in [-0.3, -0.25) is 18.9 Å². The molecule has 13 nitrogen and oxygen atoms in total. The van der Waals surface area contributed by atoms with Crippen LogP contribution in [0.5, 0.6) is 5.75 Å². The van der Waals surface area contributed by atoms with Gasteiger partial charge < -0.3 is 18.6 Å². The number of oxazole rings is 1. The van der Waals surface area contributed by atoms with Gasteiger partial charge >= 0.3 is 5.69 Å². The number of halogens is 2. The lowest BCUT2D eigenvalue weighted by molar-refractivity contribution is -0.126. The largest absolute Gasteiger partial charge is 0.496 e. The smallest absolute Gasteiger partial charge is 0.333 e. The van der Waals surface area contributed by atoms with Crippen LogP contribution in [0.2, 0.25) is 0 Å². The van der Waals surface area contributed by atoms with Gasteiger partial charge in [0.25, 0.3) is 17.9 Å². The van der Waals surface area contributed by atoms with E-state index in [1.165, 1.54) is 38.0 Å². The summed E-state index contributed by atoms with van der Waals surface area (Å²) in [5, 5.41) is 0.0747. The van der Waals surface area contributed by atoms with Gasteiger partial charge in [0.1, 0.15) is 28.5 Å². The van der Waals surface area contributed by atoms with Crippen molar-refractivity contribution in [1.29, 1.82) is 0 Å². The Bertz CT molecular complexity index is 2200. The van der Waals surface area contributed by atoms with Crippen molar-refractivity contribution < 1.29 is 40.6 Å². The highest BCUT2D eigenvalue weighted by Gasteiger charge is 2.63. The number of thiophene rings is 1. The first kappa shape index (κ1) is 35.5. The molecular weight excluding hydrogens is 711 g/mol. The average molecular weight is 749 g/mol. The molecule has 3 atom stereocenters. The maximum atomic E-state index is 14.7. The molecule has 0 unspecified atom stereocenters. The van der Waals surface area contributed by atoms with Crippen molar-refractivity contribution in [2.24, 2.45) is 0 Å². The van der Waals surface area contributed by atoms with Crippen molar-refractivity contribution in [2.75, 3.05) is 7.11 Å². The molecule has 1 N–H and O–H groups in total. The maximum Gasteiger partial charge on any atom is 0.333 e. The van der Waals surface area contributed by atoms with Crippen molar-refractivity contribution in [3.8, 4) is 16.5 Å². The standard InChI is InChI=1S/C34H38F2N4O9S2/c1-18-25-28(41)40(33(2,3)31(42)38-51(44,45)34(11-12-34)30(35)36)32(43)39(29(25)50-26(18)27-37-13-14-47-27)17-24(22-7-5-6-8-23(22)46-4)49-21-15-19-9-10-20(16-21)48-19/h5-8,13-14,19-21,24,30H,9-12,15-17H2,1-4H3,(H,38,42)/t19-,20-,24+/m1/s1. The van der Waals surface area contributed by atoms with E-state index >= 15 is 0 Å². The monoisotopic (exact) mass is 748 g/mol. The van der Waals surface area contributed by atoms with Crippen LogP contribution >= 0.6 is 11.3 Å². The summed E-state index contributed by atoms with van der Waals surface area (Å²) in [6, 6.07) is 7.22. The van der Waals surface area contributed by atoms with Gasteiger partial charge in [-0.15, -0.1) is 11.3 Å². The number of hydrogen-bond acceptors (Lipinski definition) is 11. The van der Waals surface area contributed by atoms with E-state index in [2.05, 4.69) is 4.98 Å². The van der Waals surface area contributed by atoms with Crippen LogP contribution in [0.4, 0.5) is 8.78 Å². The van der Waals surface area contributed by atoms with E-state index in [0.29, 0.717) is 39.2 Å². The Hall–Kier alpha value is -3.93. The normalized spacial score (nSPS) is 22.0. The summed E-state index contributed by atoms with van der Waals surface area (Å²) in [7, 11) is -3.35. The molecule has 0 spiro atoms. The third-order valence-corrected chi connectivity index (χ3v) is 13.7. The Morgan fingerprint density at radius 1 is 1.18 bits per heavy atom. The number of fused-ring (bicyclic) bond motifs is 3. The second-order valence-electron chi connectivity index (χ2n) is 13.9. The van der Waals surface area contributed by atoms with Crippen LogP contribution in [0.15, 0.2) is 50.7 Å². The highest BCUT2D eigenvalue weighted by molar-refractivity contribution is 7.91. The van der Waals surface area contributed by atoms with E-state index in [9.17, 15) is 31.6 Å². The van der Waals surface area contributed by atoms with Gasteiger partial charge in [-0.25, -0.2) is 31.5 Å². The lowest BCUT2D eigenvalue weighted by Gasteiger charge is -2.33. The minimum absolute atomic E-state index is 0.0575. The number of ether oxygens (including phenoxy) is 3. The number of alkyl halides is 2. The number of nitrogens with zero attached hydrogens (tertiary/aromatic N) is 3. The molecule has 7 rings (SSSR count). The van der Waals surface area contributed by atoms with Gasteiger partial charge in [0.05, 0.1) is 48.4 Å². The zero-order chi connectivity index (χ0) is 36.5. The number of nitrogens with one attached hydrogen (secondary N) is 1. The fourth-order valence-corrected chi connectivity index (χ4v) is 10.00. The zero-order valence-corrected chi connectivity index (χ0v) is 30.0. The van der Waals surface area contributed by atoms with Crippen molar-refractivity contribution in [3.63, 3.8) is 0 Å². The van der Waals surface area contributed by atoms with Crippen molar-refractivity contribution in [2.45, 2.75) is 107 Å². The summed E-state index contributed by atoms with van der Waals surface area (Å²) in [5.41, 5.74) is -2.91. The molecule has 274 valence electrons. The number of carbonyl (C=O) groups is 1. The number of aromatic nitrogens is 3. The van der Waals surface area contributed by atoms with E-state index in [0.717, 1.165) is 24.2 Å². The number of aryl methyl sites for hydroxylation is 1. The third-order valence-electron chi connectivity index (χ3n) is 10.3. The highest BCUT2D eigenvalue weighted by atomic mass is 32.2. The fraction of sp³-hybridized carbons (Fsp3) is 0.529. The molecule has 3 aliphatic rings. The number of methoxy groups -OCH3 is 1. The Balaban J connectivity index is 1.38. The Morgan fingerprint density at radius 2 is 1.86 bits per heavy atom. The quantitative estimate of drug-likeness (QED) is 0.216. The number of hydrogen-bond donors (Lipinski definition) is 1. The van der Waals surface area contributed by atoms with Crippen LogP contribution in [0.3, 0.4) is 0 Å². The summed E-state index contributed by atoms with van der Waals surface area (Å²) in [6.45, 7) is 3.91. The van der Waals surface area contributed by atoms with E-state index in [1.54, 1.807) is 23.8 Å². The topological polar surface area (TPSA) is 161 Å². The summed E-state index contributed by atoms with van der Waals surface area (Å²) in [6.07, 6.45) is 1.19.